The first-order chi connectivity index (χ1) is 15.5. The summed E-state index contributed by atoms with van der Waals surface area (Å²) < 4.78 is 35.0. The number of carbonyl (C=O) groups is 2. The number of nitrogens with one attached hydrogen (secondary N) is 2. The predicted octanol–water partition coefficient (Wildman–Crippen LogP) is 2.23. The van der Waals surface area contributed by atoms with E-state index in [0.717, 1.165) is 0 Å². The third-order valence-corrected chi connectivity index (χ3v) is 5.56. The number of pyridine rings is 1. The van der Waals surface area contributed by atoms with Crippen LogP contribution in [0.3, 0.4) is 0 Å². The molecule has 2 aromatic heterocycles. The molecule has 0 spiro atoms. The molecule has 1 atom stereocenters. The van der Waals surface area contributed by atoms with Gasteiger partial charge in [0, 0.05) is 43.2 Å². The zero-order chi connectivity index (χ0) is 22.2. The van der Waals surface area contributed by atoms with E-state index < -0.39 is 29.4 Å². The summed E-state index contributed by atoms with van der Waals surface area (Å²) in [5.41, 5.74) is 0.767. The maximum absolute atomic E-state index is 14.7. The van der Waals surface area contributed by atoms with Gasteiger partial charge in [-0.2, -0.15) is 0 Å². The van der Waals surface area contributed by atoms with Gasteiger partial charge in [0.1, 0.15) is 11.6 Å². The van der Waals surface area contributed by atoms with E-state index in [0.29, 0.717) is 30.2 Å². The van der Waals surface area contributed by atoms with Crippen LogP contribution in [0.2, 0.25) is 0 Å². The fourth-order valence-electron chi connectivity index (χ4n) is 3.90. The van der Waals surface area contributed by atoms with Crippen LogP contribution in [0.4, 0.5) is 20.5 Å². The van der Waals surface area contributed by atoms with E-state index >= 15 is 0 Å². The lowest BCUT2D eigenvalue weighted by atomic mass is 9.89. The first-order valence-electron chi connectivity index (χ1n) is 10.1. The highest BCUT2D eigenvalue weighted by molar-refractivity contribution is 6.01. The van der Waals surface area contributed by atoms with Crippen LogP contribution in [-0.2, 0) is 9.59 Å². The second kappa shape index (κ2) is 7.98. The third-order valence-electron chi connectivity index (χ3n) is 5.56. The normalized spacial score (nSPS) is 18.9. The van der Waals surface area contributed by atoms with Crippen molar-refractivity contribution in [1.29, 1.82) is 0 Å². The van der Waals surface area contributed by atoms with Crippen molar-refractivity contribution in [3.63, 3.8) is 0 Å². The first-order valence-corrected chi connectivity index (χ1v) is 10.1. The van der Waals surface area contributed by atoms with Crippen LogP contribution >= 0.6 is 0 Å². The van der Waals surface area contributed by atoms with Gasteiger partial charge >= 0.3 is 6.01 Å². The molecule has 2 aliphatic rings. The lowest BCUT2D eigenvalue weighted by Crippen LogP contribution is -2.55. The molecule has 0 aliphatic carbocycles. The Morgan fingerprint density at radius 1 is 1.16 bits per heavy atom. The summed E-state index contributed by atoms with van der Waals surface area (Å²) in [7, 11) is 0. The summed E-state index contributed by atoms with van der Waals surface area (Å²) in [4.78, 5) is 29.1. The van der Waals surface area contributed by atoms with Gasteiger partial charge in [-0.25, -0.2) is 8.78 Å². The van der Waals surface area contributed by atoms with Crippen LogP contribution in [0.15, 0.2) is 41.1 Å². The molecular formula is C21H18F2N6O3. The number of benzene rings is 1. The van der Waals surface area contributed by atoms with Crippen LogP contribution < -0.4 is 15.5 Å². The predicted molar refractivity (Wildman–Crippen MR) is 109 cm³/mol. The van der Waals surface area contributed by atoms with E-state index in [1.165, 1.54) is 12.1 Å². The van der Waals surface area contributed by atoms with Gasteiger partial charge in [0.05, 0.1) is 17.5 Å². The number of nitrogens with zero attached hydrogens (tertiary/aromatic N) is 4. The molecule has 9 nitrogen and oxygen atoms in total. The van der Waals surface area contributed by atoms with Crippen LogP contribution in [0.25, 0.3) is 11.5 Å². The van der Waals surface area contributed by atoms with Crippen molar-refractivity contribution < 1.29 is 22.8 Å². The van der Waals surface area contributed by atoms with Crippen LogP contribution in [-0.4, -0.2) is 46.1 Å². The lowest BCUT2D eigenvalue weighted by molar-refractivity contribution is -0.134. The topological polar surface area (TPSA) is 113 Å². The Hall–Kier alpha value is -3.89. The largest absolute Gasteiger partial charge is 0.403 e. The standard InChI is InChI=1S/C21H18F2N6O3/c22-15-6-13(7-16(23)18(15)14-3-4-17(30)26-19(14)31)29-9-12(10-29)25-21-28-27-20(32-21)11-2-1-5-24-8-11/h1-2,5-8,12,14H,3-4,9-10H2,(H,25,28)(H,26,30,31). The molecule has 1 unspecified atom stereocenters. The lowest BCUT2D eigenvalue weighted by Gasteiger charge is -2.41. The minimum absolute atomic E-state index is 0.0434. The molecule has 0 radical (unpaired) electrons. The monoisotopic (exact) mass is 440 g/mol. The van der Waals surface area contributed by atoms with E-state index in [4.69, 9.17) is 4.42 Å². The summed E-state index contributed by atoms with van der Waals surface area (Å²) in [6.07, 6.45) is 3.39. The Morgan fingerprint density at radius 2 is 1.94 bits per heavy atom. The van der Waals surface area contributed by atoms with E-state index in [2.05, 4.69) is 25.8 Å². The quantitative estimate of drug-likeness (QED) is 0.581. The van der Waals surface area contributed by atoms with Crippen molar-refractivity contribution >= 4 is 23.5 Å². The van der Waals surface area contributed by atoms with Crippen molar-refractivity contribution in [2.45, 2.75) is 24.8 Å². The second-order valence-corrected chi connectivity index (χ2v) is 7.73. The molecule has 1 aromatic carbocycles. The van der Waals surface area contributed by atoms with E-state index in [1.807, 2.05) is 0 Å². The SMILES string of the molecule is O=C1CCC(c2c(F)cc(N3CC(Nc4nnc(-c5cccnc5)o4)C3)cc2F)C(=O)N1. The Labute approximate surface area is 180 Å². The van der Waals surface area contributed by atoms with E-state index in [9.17, 15) is 18.4 Å². The number of amides is 2. The molecule has 11 heteroatoms. The van der Waals surface area contributed by atoms with Gasteiger partial charge in [0.25, 0.3) is 5.89 Å². The van der Waals surface area contributed by atoms with Gasteiger partial charge in [0.2, 0.25) is 11.8 Å². The van der Waals surface area contributed by atoms with Gasteiger partial charge in [-0.15, -0.1) is 5.10 Å². The van der Waals surface area contributed by atoms with Crippen LogP contribution in [0.1, 0.15) is 24.3 Å². The number of halogens is 2. The Bertz CT molecular complexity index is 1160. The summed E-state index contributed by atoms with van der Waals surface area (Å²) in [5.74, 6) is -3.39. The Kier molecular flexibility index (Phi) is 5.00. The summed E-state index contributed by atoms with van der Waals surface area (Å²) in [6.45, 7) is 0.947. The molecule has 2 aliphatic heterocycles. The second-order valence-electron chi connectivity index (χ2n) is 7.73. The molecular weight excluding hydrogens is 422 g/mol. The molecule has 0 saturated carbocycles. The van der Waals surface area contributed by atoms with Gasteiger partial charge < -0.3 is 14.6 Å². The third kappa shape index (κ3) is 3.77. The van der Waals surface area contributed by atoms with Crippen molar-refractivity contribution in [3.8, 4) is 11.5 Å². The molecule has 5 rings (SSSR count). The number of imide groups is 1. The fraction of sp³-hybridized carbons (Fsp3) is 0.286. The highest BCUT2D eigenvalue weighted by atomic mass is 19.1. The smallest absolute Gasteiger partial charge is 0.316 e. The molecule has 2 fully saturated rings. The van der Waals surface area contributed by atoms with Crippen LogP contribution in [0.5, 0.6) is 0 Å². The summed E-state index contributed by atoms with van der Waals surface area (Å²) >= 11 is 0. The molecule has 2 N–H and O–H groups in total. The van der Waals surface area contributed by atoms with Crippen molar-refractivity contribution in [2.75, 3.05) is 23.3 Å². The molecule has 2 saturated heterocycles. The Balaban J connectivity index is 1.23. The van der Waals surface area contributed by atoms with E-state index in [1.54, 1.807) is 29.4 Å². The van der Waals surface area contributed by atoms with Gasteiger partial charge in [0.15, 0.2) is 0 Å². The molecule has 3 aromatic rings. The van der Waals surface area contributed by atoms with Gasteiger partial charge in [-0.3, -0.25) is 19.9 Å². The molecule has 4 heterocycles. The number of anilines is 2. The van der Waals surface area contributed by atoms with Crippen LogP contribution in [0, 0.1) is 11.6 Å². The average molecular weight is 440 g/mol. The van der Waals surface area contributed by atoms with Crippen molar-refractivity contribution in [2.24, 2.45) is 0 Å². The molecule has 32 heavy (non-hydrogen) atoms. The minimum atomic E-state index is -1.01. The summed E-state index contributed by atoms with van der Waals surface area (Å²) in [5, 5.41) is 13.2. The molecule has 0 bridgehead atoms. The van der Waals surface area contributed by atoms with Crippen molar-refractivity contribution in [3.05, 3.63) is 53.9 Å². The number of piperidine rings is 1. The zero-order valence-electron chi connectivity index (χ0n) is 16.7. The highest BCUT2D eigenvalue weighted by Gasteiger charge is 2.34. The van der Waals surface area contributed by atoms with Crippen molar-refractivity contribution in [1.82, 2.24) is 20.5 Å². The average Bonchev–Trinajstić information content (AvgIpc) is 3.21. The minimum Gasteiger partial charge on any atom is -0.403 e. The molecule has 2 amide bonds. The van der Waals surface area contributed by atoms with Gasteiger partial charge in [-0.05, 0) is 30.7 Å². The number of rotatable bonds is 5. The first kappa shape index (κ1) is 20.0. The van der Waals surface area contributed by atoms with E-state index in [-0.39, 0.29) is 30.5 Å². The number of aromatic nitrogens is 3. The zero-order valence-corrected chi connectivity index (χ0v) is 16.7. The maximum atomic E-state index is 14.7. The maximum Gasteiger partial charge on any atom is 0.316 e. The Morgan fingerprint density at radius 3 is 2.62 bits per heavy atom. The fourth-order valence-corrected chi connectivity index (χ4v) is 3.90. The highest BCUT2D eigenvalue weighted by Crippen LogP contribution is 2.33. The number of hydrogen-bond acceptors (Lipinski definition) is 8. The number of carbonyl (C=O) groups excluding carboxylic acids is 2. The molecule has 164 valence electrons. The number of hydrogen-bond donors (Lipinski definition) is 2. The summed E-state index contributed by atoms with van der Waals surface area (Å²) in [6, 6.07) is 6.20. The van der Waals surface area contributed by atoms with Gasteiger partial charge in [-0.1, -0.05) is 5.10 Å².